The summed E-state index contributed by atoms with van der Waals surface area (Å²) in [5.41, 5.74) is 2.01. The number of amides is 1. The van der Waals surface area contributed by atoms with Crippen LogP contribution in [0.1, 0.15) is 30.9 Å². The predicted octanol–water partition coefficient (Wildman–Crippen LogP) is 3.64. The zero-order valence-electron chi connectivity index (χ0n) is 12.8. The normalized spacial score (nSPS) is 10.5. The molecule has 4 heteroatoms. The van der Waals surface area contributed by atoms with Crippen molar-refractivity contribution in [2.75, 3.05) is 6.61 Å². The van der Waals surface area contributed by atoms with Crippen molar-refractivity contribution in [3.8, 4) is 5.75 Å². The van der Waals surface area contributed by atoms with E-state index < -0.39 is 0 Å². The lowest BCUT2D eigenvalue weighted by molar-refractivity contribution is -0.123. The van der Waals surface area contributed by atoms with Crippen LogP contribution in [0, 0.1) is 5.82 Å². The fourth-order valence-electron chi connectivity index (χ4n) is 1.97. The molecule has 0 fully saturated rings. The summed E-state index contributed by atoms with van der Waals surface area (Å²) < 4.78 is 18.3. The van der Waals surface area contributed by atoms with E-state index in [9.17, 15) is 9.18 Å². The second-order valence-electron chi connectivity index (χ2n) is 5.42. The highest BCUT2D eigenvalue weighted by Gasteiger charge is 2.05. The standard InChI is InChI=1S/C18H20FNO2/c1-13(2)15-4-3-5-17(10-15)22-12-18(21)20-11-14-6-8-16(19)9-7-14/h3-10,13H,11-12H2,1-2H3,(H,20,21). The van der Waals surface area contributed by atoms with Gasteiger partial charge in [-0.25, -0.2) is 4.39 Å². The summed E-state index contributed by atoms with van der Waals surface area (Å²) in [6.45, 7) is 4.53. The lowest BCUT2D eigenvalue weighted by Crippen LogP contribution is -2.28. The number of halogens is 1. The van der Waals surface area contributed by atoms with E-state index in [-0.39, 0.29) is 18.3 Å². The average Bonchev–Trinajstić information content (AvgIpc) is 2.52. The van der Waals surface area contributed by atoms with Gasteiger partial charge in [0.2, 0.25) is 0 Å². The molecule has 0 heterocycles. The number of rotatable bonds is 6. The smallest absolute Gasteiger partial charge is 0.258 e. The SMILES string of the molecule is CC(C)c1cccc(OCC(=O)NCc2ccc(F)cc2)c1. The molecule has 2 rings (SSSR count). The van der Waals surface area contributed by atoms with Gasteiger partial charge in [-0.05, 0) is 41.3 Å². The van der Waals surface area contributed by atoms with E-state index in [4.69, 9.17) is 4.74 Å². The van der Waals surface area contributed by atoms with E-state index in [2.05, 4.69) is 19.2 Å². The molecule has 0 bridgehead atoms. The summed E-state index contributed by atoms with van der Waals surface area (Å²) in [5, 5.41) is 2.74. The van der Waals surface area contributed by atoms with E-state index >= 15 is 0 Å². The monoisotopic (exact) mass is 301 g/mol. The van der Waals surface area contributed by atoms with Gasteiger partial charge in [-0.15, -0.1) is 0 Å². The van der Waals surface area contributed by atoms with Crippen LogP contribution in [0.2, 0.25) is 0 Å². The van der Waals surface area contributed by atoms with Gasteiger partial charge in [0, 0.05) is 6.54 Å². The minimum atomic E-state index is -0.288. The molecule has 0 aliphatic carbocycles. The van der Waals surface area contributed by atoms with E-state index in [1.54, 1.807) is 12.1 Å². The van der Waals surface area contributed by atoms with E-state index in [0.717, 1.165) is 5.56 Å². The molecule has 0 aromatic heterocycles. The Morgan fingerprint density at radius 3 is 2.59 bits per heavy atom. The Labute approximate surface area is 130 Å². The largest absolute Gasteiger partial charge is 0.484 e. The summed E-state index contributed by atoms with van der Waals surface area (Å²) in [4.78, 5) is 11.8. The van der Waals surface area contributed by atoms with Crippen LogP contribution in [0.4, 0.5) is 4.39 Å². The van der Waals surface area contributed by atoms with Gasteiger partial charge < -0.3 is 10.1 Å². The molecule has 3 nitrogen and oxygen atoms in total. The molecule has 1 N–H and O–H groups in total. The number of carbonyl (C=O) groups excluding carboxylic acids is 1. The highest BCUT2D eigenvalue weighted by molar-refractivity contribution is 5.77. The molecule has 0 spiro atoms. The van der Waals surface area contributed by atoms with Crippen molar-refractivity contribution in [1.29, 1.82) is 0 Å². The van der Waals surface area contributed by atoms with Gasteiger partial charge in [-0.1, -0.05) is 38.1 Å². The Hall–Kier alpha value is -2.36. The molecule has 0 atom stereocenters. The highest BCUT2D eigenvalue weighted by Crippen LogP contribution is 2.19. The number of benzene rings is 2. The third kappa shape index (κ3) is 4.88. The second kappa shape index (κ2) is 7.59. The minimum Gasteiger partial charge on any atom is -0.484 e. The number of hydrogen-bond donors (Lipinski definition) is 1. The van der Waals surface area contributed by atoms with Crippen molar-refractivity contribution < 1.29 is 13.9 Å². The van der Waals surface area contributed by atoms with Crippen molar-refractivity contribution >= 4 is 5.91 Å². The van der Waals surface area contributed by atoms with Crippen molar-refractivity contribution in [3.63, 3.8) is 0 Å². The number of carbonyl (C=O) groups is 1. The van der Waals surface area contributed by atoms with Crippen molar-refractivity contribution in [2.24, 2.45) is 0 Å². The number of nitrogens with one attached hydrogen (secondary N) is 1. The molecule has 0 aliphatic rings. The van der Waals surface area contributed by atoms with Crippen molar-refractivity contribution in [1.82, 2.24) is 5.32 Å². The molecular formula is C18H20FNO2. The second-order valence-corrected chi connectivity index (χ2v) is 5.42. The first kappa shape index (κ1) is 16.0. The van der Waals surface area contributed by atoms with Crippen LogP contribution in [0.15, 0.2) is 48.5 Å². The zero-order valence-corrected chi connectivity index (χ0v) is 12.8. The maximum Gasteiger partial charge on any atom is 0.258 e. The molecule has 2 aromatic rings. The third-order valence-electron chi connectivity index (χ3n) is 3.30. The maximum absolute atomic E-state index is 12.8. The van der Waals surface area contributed by atoms with Crippen molar-refractivity contribution in [3.05, 3.63) is 65.5 Å². The molecule has 1 amide bonds. The van der Waals surface area contributed by atoms with Crippen LogP contribution in [-0.4, -0.2) is 12.5 Å². The quantitative estimate of drug-likeness (QED) is 0.884. The van der Waals surface area contributed by atoms with Crippen LogP contribution in [0.25, 0.3) is 0 Å². The topological polar surface area (TPSA) is 38.3 Å². The van der Waals surface area contributed by atoms with Crippen LogP contribution in [0.3, 0.4) is 0 Å². The summed E-state index contributed by atoms with van der Waals surface area (Å²) in [7, 11) is 0. The number of hydrogen-bond acceptors (Lipinski definition) is 2. The summed E-state index contributed by atoms with van der Waals surface area (Å²) >= 11 is 0. The molecule has 2 aromatic carbocycles. The summed E-state index contributed by atoms with van der Waals surface area (Å²) in [6, 6.07) is 13.8. The molecular weight excluding hydrogens is 281 g/mol. The van der Waals surface area contributed by atoms with Crippen LogP contribution in [0.5, 0.6) is 5.75 Å². The first-order valence-electron chi connectivity index (χ1n) is 7.28. The molecule has 116 valence electrons. The zero-order chi connectivity index (χ0) is 15.9. The minimum absolute atomic E-state index is 0.0389. The van der Waals surface area contributed by atoms with Gasteiger partial charge in [-0.2, -0.15) is 0 Å². The Morgan fingerprint density at radius 1 is 1.18 bits per heavy atom. The molecule has 0 aliphatic heterocycles. The maximum atomic E-state index is 12.8. The lowest BCUT2D eigenvalue weighted by atomic mass is 10.0. The first-order chi connectivity index (χ1) is 10.5. The fourth-order valence-corrected chi connectivity index (χ4v) is 1.97. The average molecular weight is 301 g/mol. The van der Waals surface area contributed by atoms with Crippen LogP contribution < -0.4 is 10.1 Å². The van der Waals surface area contributed by atoms with E-state index in [1.807, 2.05) is 24.3 Å². The van der Waals surface area contributed by atoms with Gasteiger partial charge >= 0.3 is 0 Å². The summed E-state index contributed by atoms with van der Waals surface area (Å²) in [6.07, 6.45) is 0. The predicted molar refractivity (Wildman–Crippen MR) is 84.3 cm³/mol. The van der Waals surface area contributed by atoms with E-state index in [0.29, 0.717) is 18.2 Å². The van der Waals surface area contributed by atoms with Gasteiger partial charge in [0.25, 0.3) is 5.91 Å². The van der Waals surface area contributed by atoms with Gasteiger partial charge in [0.05, 0.1) is 0 Å². The Morgan fingerprint density at radius 2 is 1.91 bits per heavy atom. The lowest BCUT2D eigenvalue weighted by Gasteiger charge is -2.10. The fraction of sp³-hybridized carbons (Fsp3) is 0.278. The molecule has 0 radical (unpaired) electrons. The highest BCUT2D eigenvalue weighted by atomic mass is 19.1. The molecule has 0 saturated carbocycles. The van der Waals surface area contributed by atoms with Gasteiger partial charge in [0.15, 0.2) is 6.61 Å². The van der Waals surface area contributed by atoms with Crippen LogP contribution in [-0.2, 0) is 11.3 Å². The Kier molecular flexibility index (Phi) is 5.53. The molecule has 0 unspecified atom stereocenters. The molecule has 0 saturated heterocycles. The number of ether oxygens (including phenoxy) is 1. The first-order valence-corrected chi connectivity index (χ1v) is 7.28. The Bertz CT molecular complexity index is 623. The van der Waals surface area contributed by atoms with Crippen LogP contribution >= 0.6 is 0 Å². The Balaban J connectivity index is 1.80. The van der Waals surface area contributed by atoms with Gasteiger partial charge in [0.1, 0.15) is 11.6 Å². The third-order valence-corrected chi connectivity index (χ3v) is 3.30. The molecule has 22 heavy (non-hydrogen) atoms. The van der Waals surface area contributed by atoms with Gasteiger partial charge in [-0.3, -0.25) is 4.79 Å². The van der Waals surface area contributed by atoms with Crippen molar-refractivity contribution in [2.45, 2.75) is 26.3 Å². The van der Waals surface area contributed by atoms with E-state index in [1.165, 1.54) is 17.7 Å². The summed E-state index contributed by atoms with van der Waals surface area (Å²) in [5.74, 6) is 0.599.